The molecule has 0 aliphatic heterocycles. The summed E-state index contributed by atoms with van der Waals surface area (Å²) in [6, 6.07) is 2.03. The zero-order valence-corrected chi connectivity index (χ0v) is 23.6. The minimum atomic E-state index is -0.536. The molecule has 186 valence electrons. The van der Waals surface area contributed by atoms with Gasteiger partial charge in [0.15, 0.2) is 10.9 Å². The van der Waals surface area contributed by atoms with E-state index in [2.05, 4.69) is 49.1 Å². The number of anilines is 1. The van der Waals surface area contributed by atoms with Crippen molar-refractivity contribution in [3.05, 3.63) is 49.0 Å². The number of ketones is 1. The number of rotatable bonds is 4. The number of hydrogen-bond acceptors (Lipinski definition) is 6. The van der Waals surface area contributed by atoms with Gasteiger partial charge < -0.3 is 15.5 Å². The van der Waals surface area contributed by atoms with Gasteiger partial charge >= 0.3 is 0 Å². The van der Waals surface area contributed by atoms with Crippen molar-refractivity contribution in [1.29, 1.82) is 0 Å². The average Bonchev–Trinajstić information content (AvgIpc) is 3.33. The number of aromatic hydroxyl groups is 1. The van der Waals surface area contributed by atoms with E-state index < -0.39 is 5.41 Å². The monoisotopic (exact) mass is 622 g/mol. The number of hydrogen-bond donors (Lipinski definition) is 3. The molecule has 3 aliphatic carbocycles. The first-order valence-electron chi connectivity index (χ1n) is 12.0. The number of amides is 1. The van der Waals surface area contributed by atoms with E-state index in [1.165, 1.54) is 16.9 Å². The highest BCUT2D eigenvalue weighted by Crippen LogP contribution is 2.64. The number of aromatic nitrogens is 1. The topological polar surface area (TPSA) is 99.5 Å². The van der Waals surface area contributed by atoms with E-state index in [9.17, 15) is 19.8 Å². The van der Waals surface area contributed by atoms with Crippen LogP contribution in [0, 0.1) is 30.1 Å². The summed E-state index contributed by atoms with van der Waals surface area (Å²) in [5.41, 5.74) is 2.30. The standard InChI is InChI=1S/C26H28Br2N2O4S/c1-12-10-29-25(35-12)30-20(32)6-5-15-18(11-31)24(34)26(2)8-7-13-14(21(15)26)3-4-16-17(13)9-19(27)23(33)22(16)28/h9-11,13-15,21,31,33H,3-8H2,1-2H3,(H,29,30,32)/b18-11-. The van der Waals surface area contributed by atoms with Crippen molar-refractivity contribution in [3.8, 4) is 5.75 Å². The van der Waals surface area contributed by atoms with Crippen molar-refractivity contribution in [2.45, 2.75) is 58.3 Å². The number of allylic oxidation sites excluding steroid dienone is 1. The third-order valence-corrected chi connectivity index (χ3v) is 10.7. The molecule has 2 aromatic rings. The summed E-state index contributed by atoms with van der Waals surface area (Å²) in [6.45, 7) is 3.99. The van der Waals surface area contributed by atoms with Gasteiger partial charge in [-0.2, -0.15) is 0 Å². The Bertz CT molecular complexity index is 1240. The number of carbonyl (C=O) groups is 2. The molecular weight excluding hydrogens is 596 g/mol. The Labute approximate surface area is 225 Å². The van der Waals surface area contributed by atoms with Crippen LogP contribution < -0.4 is 5.32 Å². The van der Waals surface area contributed by atoms with Crippen molar-refractivity contribution in [2.24, 2.45) is 23.2 Å². The number of aliphatic hydroxyl groups excluding tert-OH is 1. The normalized spacial score (nSPS) is 30.6. The lowest BCUT2D eigenvalue weighted by Gasteiger charge is -2.49. The van der Waals surface area contributed by atoms with Crippen molar-refractivity contribution in [3.63, 3.8) is 0 Å². The van der Waals surface area contributed by atoms with Gasteiger partial charge in [0.1, 0.15) is 5.75 Å². The number of halogens is 2. The van der Waals surface area contributed by atoms with Gasteiger partial charge in [0.05, 0.1) is 15.2 Å². The molecule has 2 fully saturated rings. The van der Waals surface area contributed by atoms with Gasteiger partial charge in [-0.15, -0.1) is 11.3 Å². The van der Waals surface area contributed by atoms with E-state index in [0.29, 0.717) is 21.6 Å². The average molecular weight is 624 g/mol. The minimum Gasteiger partial charge on any atom is -0.515 e. The zero-order chi connectivity index (χ0) is 25.1. The van der Waals surface area contributed by atoms with Crippen LogP contribution in [-0.4, -0.2) is 26.9 Å². The number of thiazole rings is 1. The van der Waals surface area contributed by atoms with Crippen LogP contribution in [-0.2, 0) is 16.0 Å². The van der Waals surface area contributed by atoms with Gasteiger partial charge in [0.2, 0.25) is 5.91 Å². The maximum Gasteiger partial charge on any atom is 0.226 e. The minimum absolute atomic E-state index is 0.0308. The summed E-state index contributed by atoms with van der Waals surface area (Å²) in [6.07, 6.45) is 6.84. The first-order chi connectivity index (χ1) is 16.7. The van der Waals surface area contributed by atoms with Crippen LogP contribution in [0.5, 0.6) is 5.75 Å². The van der Waals surface area contributed by atoms with Crippen LogP contribution in [0.25, 0.3) is 0 Å². The molecule has 1 aromatic heterocycles. The lowest BCUT2D eigenvalue weighted by molar-refractivity contribution is -0.127. The molecule has 0 bridgehead atoms. The highest BCUT2D eigenvalue weighted by Gasteiger charge is 2.60. The predicted octanol–water partition coefficient (Wildman–Crippen LogP) is 6.80. The van der Waals surface area contributed by atoms with Gasteiger partial charge in [0.25, 0.3) is 0 Å². The Morgan fingerprint density at radius 3 is 2.83 bits per heavy atom. The van der Waals surface area contributed by atoms with Crippen LogP contribution in [0.3, 0.4) is 0 Å². The van der Waals surface area contributed by atoms with Gasteiger partial charge in [-0.3, -0.25) is 9.59 Å². The van der Waals surface area contributed by atoms with Crippen LogP contribution in [0.4, 0.5) is 5.13 Å². The molecule has 2 saturated carbocycles. The summed E-state index contributed by atoms with van der Waals surface area (Å²) in [5, 5.41) is 24.0. The fraction of sp³-hybridized carbons (Fsp3) is 0.500. The maximum atomic E-state index is 13.5. The Hall–Kier alpha value is -1.71. The summed E-state index contributed by atoms with van der Waals surface area (Å²) in [5.74, 6) is 0.557. The summed E-state index contributed by atoms with van der Waals surface area (Å²) in [7, 11) is 0. The number of aliphatic hydroxyl groups is 1. The first kappa shape index (κ1) is 25.0. The number of aryl methyl sites for hydroxylation is 1. The number of fused-ring (bicyclic) bond motifs is 5. The Morgan fingerprint density at radius 1 is 1.37 bits per heavy atom. The molecule has 1 amide bonds. The molecule has 5 atom stereocenters. The molecule has 5 unspecified atom stereocenters. The van der Waals surface area contributed by atoms with Gasteiger partial charge in [-0.25, -0.2) is 4.98 Å². The number of nitrogens with one attached hydrogen (secondary N) is 1. The number of benzene rings is 1. The Morgan fingerprint density at radius 2 is 2.14 bits per heavy atom. The summed E-state index contributed by atoms with van der Waals surface area (Å²) < 4.78 is 1.42. The van der Waals surface area contributed by atoms with Crippen LogP contribution in [0.1, 0.15) is 60.9 Å². The Balaban J connectivity index is 1.44. The molecule has 0 saturated heterocycles. The second-order valence-electron chi connectivity index (χ2n) is 10.3. The molecule has 35 heavy (non-hydrogen) atoms. The lowest BCUT2D eigenvalue weighted by atomic mass is 9.54. The number of Topliss-reactive ketones (excluding diaryl/α,β-unsaturated/α-hetero) is 1. The fourth-order valence-electron chi connectivity index (χ4n) is 6.96. The van der Waals surface area contributed by atoms with E-state index in [-0.39, 0.29) is 47.5 Å². The van der Waals surface area contributed by atoms with Crippen LogP contribution in [0.2, 0.25) is 0 Å². The molecule has 6 nitrogen and oxygen atoms in total. The molecule has 0 radical (unpaired) electrons. The molecule has 5 rings (SSSR count). The van der Waals surface area contributed by atoms with Gasteiger partial charge in [-0.1, -0.05) is 6.92 Å². The predicted molar refractivity (Wildman–Crippen MR) is 143 cm³/mol. The van der Waals surface area contributed by atoms with Crippen molar-refractivity contribution < 1.29 is 19.8 Å². The second kappa shape index (κ2) is 9.30. The maximum absolute atomic E-state index is 13.5. The first-order valence-corrected chi connectivity index (χ1v) is 14.4. The van der Waals surface area contributed by atoms with Gasteiger partial charge in [0, 0.05) is 28.5 Å². The third-order valence-electron chi connectivity index (χ3n) is 8.45. The fourth-order valence-corrected chi connectivity index (χ4v) is 8.99. The molecule has 9 heteroatoms. The van der Waals surface area contributed by atoms with Crippen LogP contribution in [0.15, 0.2) is 33.0 Å². The highest BCUT2D eigenvalue weighted by molar-refractivity contribution is 9.11. The van der Waals surface area contributed by atoms with E-state index in [4.69, 9.17) is 0 Å². The SMILES string of the molecule is Cc1cnc(NC(=O)CCC2/C(=C/O)C(=O)C3(C)CCC4c5cc(Br)c(O)c(Br)c5CCC4C23)s1. The number of phenols is 1. The molecule has 0 spiro atoms. The smallest absolute Gasteiger partial charge is 0.226 e. The van der Waals surface area contributed by atoms with E-state index >= 15 is 0 Å². The third kappa shape index (κ3) is 4.07. The van der Waals surface area contributed by atoms with Gasteiger partial charge in [-0.05, 0) is 112 Å². The van der Waals surface area contributed by atoms with Crippen molar-refractivity contribution in [2.75, 3.05) is 5.32 Å². The highest BCUT2D eigenvalue weighted by atomic mass is 79.9. The number of carbonyl (C=O) groups excluding carboxylic acids is 2. The quantitative estimate of drug-likeness (QED) is 0.257. The van der Waals surface area contributed by atoms with E-state index in [1.807, 2.05) is 13.0 Å². The molecule has 3 aliphatic rings. The summed E-state index contributed by atoms with van der Waals surface area (Å²) >= 11 is 8.52. The molecule has 1 aromatic carbocycles. The Kier molecular flexibility index (Phi) is 6.64. The van der Waals surface area contributed by atoms with Crippen LogP contribution >= 0.6 is 43.2 Å². The zero-order valence-electron chi connectivity index (χ0n) is 19.6. The molecule has 3 N–H and O–H groups in total. The van der Waals surface area contributed by atoms with E-state index in [0.717, 1.165) is 46.9 Å². The van der Waals surface area contributed by atoms with Crippen molar-refractivity contribution in [1.82, 2.24) is 4.98 Å². The largest absolute Gasteiger partial charge is 0.515 e. The number of phenolic OH excluding ortho intramolecular Hbond substituents is 1. The lowest BCUT2D eigenvalue weighted by Crippen LogP contribution is -2.44. The van der Waals surface area contributed by atoms with E-state index in [1.54, 1.807) is 6.20 Å². The molecular formula is C26H28Br2N2O4S. The van der Waals surface area contributed by atoms with Crippen molar-refractivity contribution >= 4 is 60.0 Å². The molecule has 1 heterocycles. The summed E-state index contributed by atoms with van der Waals surface area (Å²) in [4.78, 5) is 31.5. The number of nitrogens with zero attached hydrogens (tertiary/aromatic N) is 1. The second-order valence-corrected chi connectivity index (χ2v) is 13.1.